The summed E-state index contributed by atoms with van der Waals surface area (Å²) in [4.78, 5) is 26.1. The lowest BCUT2D eigenvalue weighted by Crippen LogP contribution is -2.33. The van der Waals surface area contributed by atoms with Gasteiger partial charge in [0.25, 0.3) is 0 Å². The Kier molecular flexibility index (Phi) is 16.3. The van der Waals surface area contributed by atoms with Crippen molar-refractivity contribution in [2.45, 2.75) is 37.9 Å². The Morgan fingerprint density at radius 2 is 1.67 bits per heavy atom. The van der Waals surface area contributed by atoms with Gasteiger partial charge < -0.3 is 41.0 Å². The maximum Gasteiger partial charge on any atom is 0.357 e. The number of aliphatic hydroxyl groups is 3. The molecule has 160 valence electrons. The predicted molar refractivity (Wildman–Crippen MR) is 102 cm³/mol. The Balaban J connectivity index is -0.000000408. The Bertz CT molecular complexity index is 600. The zero-order valence-electron chi connectivity index (χ0n) is 14.6. The third kappa shape index (κ3) is 12.3. The van der Waals surface area contributed by atoms with Gasteiger partial charge in [0, 0.05) is 23.2 Å². The zero-order chi connectivity index (χ0) is 19.8. The molecule has 3 unspecified atom stereocenters. The molecule has 1 aromatic carbocycles. The molecule has 0 saturated carbocycles. The molecule has 3 atom stereocenters. The van der Waals surface area contributed by atoms with Gasteiger partial charge in [0.1, 0.15) is 0 Å². The van der Waals surface area contributed by atoms with Gasteiger partial charge in [-0.05, 0) is 6.07 Å². The van der Waals surface area contributed by atoms with E-state index in [0.29, 0.717) is 17.6 Å². The van der Waals surface area contributed by atoms with Gasteiger partial charge in [-0.1, -0.05) is 43.6 Å². The number of aliphatic carboxylic acids is 1. The van der Waals surface area contributed by atoms with E-state index in [1.165, 1.54) is 0 Å². The number of hydrogen-bond acceptors (Lipinski definition) is 6. The fraction of sp³-hybridized carbons (Fsp3) is 0.500. The fourth-order valence-electron chi connectivity index (χ4n) is 1.51. The Labute approximate surface area is 167 Å². The van der Waals surface area contributed by atoms with Crippen LogP contribution in [0.4, 0.5) is 0 Å². The molecule has 0 heterocycles. The molecule has 0 fully saturated rings. The molecular weight excluding hydrogens is 428 g/mol. The molecule has 0 radical (unpaired) electrons. The number of hydrogen-bond donors (Lipinski definition) is 7. The molecule has 0 aromatic heterocycles. The average Bonchev–Trinajstić information content (AvgIpc) is 2.51. The van der Waals surface area contributed by atoms with Crippen molar-refractivity contribution in [2.75, 3.05) is 6.54 Å². The highest BCUT2D eigenvalue weighted by molar-refractivity contribution is 7.52. The summed E-state index contributed by atoms with van der Waals surface area (Å²) in [6, 6.07) is 7.73. The molecule has 13 heteroatoms. The first-order valence-corrected chi connectivity index (χ1v) is 9.23. The van der Waals surface area contributed by atoms with Crippen molar-refractivity contribution in [1.82, 2.24) is 5.32 Å². The van der Waals surface area contributed by atoms with Crippen molar-refractivity contribution in [3.05, 3.63) is 34.9 Å². The maximum atomic E-state index is 10.1. The van der Waals surface area contributed by atoms with E-state index in [9.17, 15) is 14.5 Å². The van der Waals surface area contributed by atoms with E-state index in [1.54, 1.807) is 6.07 Å². The third-order valence-corrected chi connectivity index (χ3v) is 4.18. The van der Waals surface area contributed by atoms with Gasteiger partial charge in [-0.25, -0.2) is 4.79 Å². The second-order valence-corrected chi connectivity index (χ2v) is 7.50. The van der Waals surface area contributed by atoms with Crippen molar-refractivity contribution in [3.63, 3.8) is 0 Å². The lowest BCUT2D eigenvalue weighted by Gasteiger charge is -2.15. The van der Waals surface area contributed by atoms with Crippen molar-refractivity contribution in [2.24, 2.45) is 0 Å². The van der Waals surface area contributed by atoms with Crippen LogP contribution in [0, 0.1) is 0 Å². The maximum absolute atomic E-state index is 10.1. The molecule has 9 N–H and O–H groups in total. The molecule has 27 heavy (non-hydrogen) atoms. The minimum Gasteiger partial charge on any atom is -0.479 e. The third-order valence-electron chi connectivity index (χ3n) is 2.86. The average molecular weight is 454 g/mol. The van der Waals surface area contributed by atoms with Crippen LogP contribution in [0.3, 0.4) is 0 Å². The van der Waals surface area contributed by atoms with E-state index in [4.69, 9.17) is 36.7 Å². The molecule has 0 aliphatic heterocycles. The molecule has 0 aliphatic carbocycles. The van der Waals surface area contributed by atoms with E-state index in [0.717, 1.165) is 5.56 Å². The Hall–Kier alpha value is -0.780. The predicted octanol–water partition coefficient (Wildman–Crippen LogP) is -0.104. The Morgan fingerprint density at radius 1 is 1.19 bits per heavy atom. The smallest absolute Gasteiger partial charge is 0.357 e. The number of carboxylic acids is 1. The topological polar surface area (TPSA) is 199 Å². The van der Waals surface area contributed by atoms with Gasteiger partial charge in [-0.15, -0.1) is 12.4 Å². The van der Waals surface area contributed by atoms with Gasteiger partial charge in [-0.3, -0.25) is 4.57 Å². The van der Waals surface area contributed by atoms with Crippen LogP contribution >= 0.6 is 31.6 Å². The molecule has 0 saturated heterocycles. The van der Waals surface area contributed by atoms with E-state index >= 15 is 0 Å². The van der Waals surface area contributed by atoms with E-state index < -0.39 is 31.6 Å². The first-order valence-electron chi connectivity index (χ1n) is 7.18. The van der Waals surface area contributed by atoms with Crippen LogP contribution in [0.15, 0.2) is 24.3 Å². The van der Waals surface area contributed by atoms with Gasteiger partial charge >= 0.3 is 13.6 Å². The summed E-state index contributed by atoms with van der Waals surface area (Å²) in [5, 5.41) is 38.4. The van der Waals surface area contributed by atoms with Gasteiger partial charge in [0.05, 0.1) is 6.10 Å². The molecule has 10 nitrogen and oxygen atoms in total. The first kappa shape index (κ1) is 30.9. The van der Waals surface area contributed by atoms with Crippen molar-refractivity contribution < 1.29 is 45.0 Å². The second kappa shape index (κ2) is 14.3. The number of nitrogens with one attached hydrogen (secondary N) is 1. The summed E-state index contributed by atoms with van der Waals surface area (Å²) in [6.07, 6.45) is -3.00. The molecule has 1 rings (SSSR count). The SMILES string of the molecule is CC(C)NCC(O)c1ccccc1Cl.Cl.O.O=C(O)C(O)C(O)P(=O)(O)O. The van der Waals surface area contributed by atoms with Crippen LogP contribution in [0.1, 0.15) is 25.5 Å². The number of benzene rings is 1. The molecule has 0 amide bonds. The zero-order valence-corrected chi connectivity index (χ0v) is 17.0. The number of aliphatic hydroxyl groups excluding tert-OH is 3. The van der Waals surface area contributed by atoms with Gasteiger partial charge in [0.2, 0.25) is 0 Å². The lowest BCUT2D eigenvalue weighted by atomic mass is 10.1. The van der Waals surface area contributed by atoms with Crippen LogP contribution in [-0.4, -0.2) is 66.2 Å². The summed E-state index contributed by atoms with van der Waals surface area (Å²) in [5.41, 5.74) is 0.780. The number of carboxylic acid groups (broad SMARTS) is 1. The first-order chi connectivity index (χ1) is 11.4. The highest BCUT2D eigenvalue weighted by Gasteiger charge is 2.37. The summed E-state index contributed by atoms with van der Waals surface area (Å²) >= 11 is 5.95. The van der Waals surface area contributed by atoms with Crippen LogP contribution in [0.5, 0.6) is 0 Å². The minimum atomic E-state index is -4.94. The van der Waals surface area contributed by atoms with Gasteiger partial charge in [-0.2, -0.15) is 0 Å². The summed E-state index contributed by atoms with van der Waals surface area (Å²) in [7, 11) is -4.94. The number of rotatable bonds is 7. The standard InChI is InChI=1S/C11H16ClNO.C3H7O7P.ClH.H2O/c1-8(2)13-7-11(14)9-5-3-4-6-10(9)12;4-1(2(5)6)3(7)11(8,9)10;;/h3-6,8,11,13-14H,7H2,1-2H3;1,3-4,7H,(H,5,6)(H2,8,9,10);1H;1H2. The minimum absolute atomic E-state index is 0. The fourth-order valence-corrected chi connectivity index (χ4v) is 2.27. The van der Waals surface area contributed by atoms with E-state index in [1.807, 2.05) is 32.0 Å². The molecule has 1 aromatic rings. The summed E-state index contributed by atoms with van der Waals surface area (Å²) in [6.45, 7) is 4.61. The molecular formula is C14H26Cl2NO9P. The van der Waals surface area contributed by atoms with Crippen LogP contribution < -0.4 is 5.32 Å². The highest BCUT2D eigenvalue weighted by Crippen LogP contribution is 2.41. The Morgan fingerprint density at radius 3 is 2.00 bits per heavy atom. The highest BCUT2D eigenvalue weighted by atomic mass is 35.5. The molecule has 0 bridgehead atoms. The van der Waals surface area contributed by atoms with Crippen molar-refractivity contribution >= 4 is 37.6 Å². The van der Waals surface area contributed by atoms with Crippen LogP contribution in [0.25, 0.3) is 0 Å². The number of carbonyl (C=O) groups is 1. The van der Waals surface area contributed by atoms with E-state index in [-0.39, 0.29) is 17.9 Å². The van der Waals surface area contributed by atoms with Crippen LogP contribution in [-0.2, 0) is 9.36 Å². The summed E-state index contributed by atoms with van der Waals surface area (Å²) in [5.74, 6) is -4.46. The van der Waals surface area contributed by atoms with Crippen LogP contribution in [0.2, 0.25) is 5.02 Å². The molecule has 0 spiro atoms. The summed E-state index contributed by atoms with van der Waals surface area (Å²) < 4.78 is 10.1. The van der Waals surface area contributed by atoms with E-state index in [2.05, 4.69) is 5.32 Å². The number of halogens is 2. The molecule has 0 aliphatic rings. The van der Waals surface area contributed by atoms with Crippen molar-refractivity contribution in [1.29, 1.82) is 0 Å². The van der Waals surface area contributed by atoms with Gasteiger partial charge in [0.15, 0.2) is 11.9 Å². The quantitative estimate of drug-likeness (QED) is 0.275. The largest absolute Gasteiger partial charge is 0.479 e. The normalized spacial score (nSPS) is 14.0. The van der Waals surface area contributed by atoms with Crippen molar-refractivity contribution in [3.8, 4) is 0 Å². The monoisotopic (exact) mass is 453 g/mol. The second-order valence-electron chi connectivity index (χ2n) is 5.39. The lowest BCUT2D eigenvalue weighted by molar-refractivity contribution is -0.150.